The number of hydrogen-bond donors (Lipinski definition) is 1. The molecule has 0 radical (unpaired) electrons. The van der Waals surface area contributed by atoms with Crippen LogP contribution in [-0.2, 0) is 6.61 Å². The van der Waals surface area contributed by atoms with E-state index < -0.39 is 0 Å². The second-order valence-electron chi connectivity index (χ2n) is 5.26. The highest BCUT2D eigenvalue weighted by Gasteiger charge is 2.12. The van der Waals surface area contributed by atoms with Crippen molar-refractivity contribution in [2.45, 2.75) is 6.61 Å². The maximum Gasteiger partial charge on any atom is 0.313 e. The van der Waals surface area contributed by atoms with Gasteiger partial charge in [0.25, 0.3) is 0 Å². The molecule has 0 spiro atoms. The first-order valence-electron chi connectivity index (χ1n) is 7.57. The average Bonchev–Trinajstić information content (AvgIpc) is 3.04. The van der Waals surface area contributed by atoms with Gasteiger partial charge in [-0.3, -0.25) is 0 Å². The lowest BCUT2D eigenvalue weighted by Gasteiger charge is -2.13. The Hall–Kier alpha value is -2.51. The topological polar surface area (TPSA) is 83.4 Å². The van der Waals surface area contributed by atoms with Crippen molar-refractivity contribution in [2.75, 3.05) is 12.8 Å². The maximum absolute atomic E-state index is 6.38. The van der Waals surface area contributed by atoms with Crippen molar-refractivity contribution in [3.63, 3.8) is 0 Å². The van der Waals surface area contributed by atoms with E-state index in [1.807, 2.05) is 24.3 Å². The Balaban J connectivity index is 1.79. The Labute approximate surface area is 163 Å². The normalized spacial score (nSPS) is 11.0. The average molecular weight is 437 g/mol. The molecule has 0 bridgehead atoms. The van der Waals surface area contributed by atoms with E-state index in [9.17, 15) is 0 Å². The summed E-state index contributed by atoms with van der Waals surface area (Å²) in [4.78, 5) is 0. The van der Waals surface area contributed by atoms with Crippen LogP contribution in [0.2, 0.25) is 5.02 Å². The van der Waals surface area contributed by atoms with E-state index in [1.165, 1.54) is 0 Å². The van der Waals surface area contributed by atoms with Gasteiger partial charge < -0.3 is 19.6 Å². The molecule has 0 fully saturated rings. The molecule has 0 saturated heterocycles. The number of nitrogens with zero attached hydrogens (tertiary/aromatic N) is 2. The van der Waals surface area contributed by atoms with Crippen molar-refractivity contribution < 1.29 is 13.9 Å². The summed E-state index contributed by atoms with van der Waals surface area (Å²) in [5, 5.41) is 7.79. The van der Waals surface area contributed by atoms with Crippen LogP contribution in [0.4, 0.5) is 6.01 Å². The molecule has 134 valence electrons. The van der Waals surface area contributed by atoms with Crippen molar-refractivity contribution in [2.24, 2.45) is 0 Å². The number of aromatic nitrogens is 2. The van der Waals surface area contributed by atoms with E-state index in [4.69, 9.17) is 31.2 Å². The van der Waals surface area contributed by atoms with Crippen LogP contribution >= 0.6 is 27.5 Å². The lowest BCUT2D eigenvalue weighted by atomic mass is 10.2. The molecule has 0 saturated carbocycles. The quantitative estimate of drug-likeness (QED) is 0.596. The number of halogens is 2. The molecule has 0 aliphatic rings. The van der Waals surface area contributed by atoms with E-state index in [0.29, 0.717) is 29.0 Å². The minimum atomic E-state index is 0.0107. The predicted molar refractivity (Wildman–Crippen MR) is 104 cm³/mol. The van der Waals surface area contributed by atoms with Gasteiger partial charge in [0.1, 0.15) is 6.61 Å². The van der Waals surface area contributed by atoms with Gasteiger partial charge in [0, 0.05) is 10.5 Å². The Morgan fingerprint density at radius 2 is 2.08 bits per heavy atom. The first-order valence-corrected chi connectivity index (χ1v) is 8.74. The monoisotopic (exact) mass is 435 g/mol. The first kappa shape index (κ1) is 18.3. The van der Waals surface area contributed by atoms with Gasteiger partial charge in [-0.1, -0.05) is 44.8 Å². The zero-order valence-electron chi connectivity index (χ0n) is 13.8. The van der Waals surface area contributed by atoms with Gasteiger partial charge in [0.15, 0.2) is 11.5 Å². The molecule has 3 aromatic rings. The Morgan fingerprint density at radius 3 is 2.77 bits per heavy atom. The summed E-state index contributed by atoms with van der Waals surface area (Å²) in [7, 11) is 1.56. The van der Waals surface area contributed by atoms with E-state index in [1.54, 1.807) is 31.4 Å². The highest BCUT2D eigenvalue weighted by Crippen LogP contribution is 2.37. The molecule has 1 aromatic heterocycles. The number of hydrogen-bond acceptors (Lipinski definition) is 6. The van der Waals surface area contributed by atoms with Crippen molar-refractivity contribution in [3.05, 3.63) is 62.9 Å². The number of rotatable bonds is 6. The van der Waals surface area contributed by atoms with Crippen LogP contribution in [0.1, 0.15) is 17.0 Å². The largest absolute Gasteiger partial charge is 0.493 e. The van der Waals surface area contributed by atoms with Crippen LogP contribution in [0.25, 0.3) is 12.2 Å². The summed E-state index contributed by atoms with van der Waals surface area (Å²) in [6.07, 6.45) is 3.40. The lowest BCUT2D eigenvalue weighted by Crippen LogP contribution is -1.99. The molecule has 0 aliphatic heterocycles. The highest BCUT2D eigenvalue weighted by molar-refractivity contribution is 9.10. The standard InChI is InChI=1S/C18H15BrClN3O3/c1-24-15-9-11(5-6-16-22-23-18(21)26-16)8-14(20)17(15)25-10-12-3-2-4-13(19)7-12/h2-9H,10H2,1H3,(H2,21,23)/b6-5+. The number of anilines is 1. The molecule has 0 amide bonds. The molecular weight excluding hydrogens is 422 g/mol. The minimum absolute atomic E-state index is 0.0107. The van der Waals surface area contributed by atoms with Crippen molar-refractivity contribution in [1.82, 2.24) is 10.2 Å². The summed E-state index contributed by atoms with van der Waals surface area (Å²) >= 11 is 9.82. The van der Waals surface area contributed by atoms with Crippen LogP contribution < -0.4 is 15.2 Å². The third-order valence-corrected chi connectivity index (χ3v) is 4.17. The van der Waals surface area contributed by atoms with Crippen LogP contribution in [-0.4, -0.2) is 17.3 Å². The van der Waals surface area contributed by atoms with Crippen molar-refractivity contribution >= 4 is 45.7 Å². The first-order chi connectivity index (χ1) is 12.5. The SMILES string of the molecule is COc1cc(/C=C/c2nnc(N)o2)cc(Cl)c1OCc1cccc(Br)c1. The summed E-state index contributed by atoms with van der Waals surface area (Å²) < 4.78 is 17.3. The molecule has 26 heavy (non-hydrogen) atoms. The number of benzene rings is 2. The molecule has 0 aliphatic carbocycles. The van der Waals surface area contributed by atoms with Crippen molar-refractivity contribution in [3.8, 4) is 11.5 Å². The van der Waals surface area contributed by atoms with Crippen LogP contribution in [0, 0.1) is 0 Å². The Morgan fingerprint density at radius 1 is 1.23 bits per heavy atom. The van der Waals surface area contributed by atoms with Crippen LogP contribution in [0.3, 0.4) is 0 Å². The van der Waals surface area contributed by atoms with Gasteiger partial charge in [-0.2, -0.15) is 0 Å². The maximum atomic E-state index is 6.38. The van der Waals surface area contributed by atoms with E-state index in [-0.39, 0.29) is 6.01 Å². The van der Waals surface area contributed by atoms with Gasteiger partial charge in [-0.15, -0.1) is 5.10 Å². The van der Waals surface area contributed by atoms with Gasteiger partial charge in [-0.05, 0) is 41.5 Å². The van der Waals surface area contributed by atoms with Gasteiger partial charge in [0.05, 0.1) is 12.1 Å². The zero-order chi connectivity index (χ0) is 18.5. The van der Waals surface area contributed by atoms with Crippen molar-refractivity contribution in [1.29, 1.82) is 0 Å². The fourth-order valence-electron chi connectivity index (χ4n) is 2.24. The smallest absolute Gasteiger partial charge is 0.313 e. The fourth-order valence-corrected chi connectivity index (χ4v) is 2.96. The van der Waals surface area contributed by atoms with Gasteiger partial charge in [0.2, 0.25) is 5.89 Å². The third kappa shape index (κ3) is 4.56. The van der Waals surface area contributed by atoms with Gasteiger partial charge in [-0.25, -0.2) is 0 Å². The van der Waals surface area contributed by atoms with Crippen LogP contribution in [0.15, 0.2) is 45.3 Å². The van der Waals surface area contributed by atoms with Gasteiger partial charge >= 0.3 is 6.01 Å². The molecule has 1 heterocycles. The van der Waals surface area contributed by atoms with E-state index in [2.05, 4.69) is 26.1 Å². The Bertz CT molecular complexity index is 943. The molecule has 3 rings (SSSR count). The second kappa shape index (κ2) is 8.25. The van der Waals surface area contributed by atoms with E-state index in [0.717, 1.165) is 15.6 Å². The second-order valence-corrected chi connectivity index (χ2v) is 6.59. The predicted octanol–water partition coefficient (Wildman–Crippen LogP) is 4.83. The fraction of sp³-hybridized carbons (Fsp3) is 0.111. The molecule has 0 atom stereocenters. The Kier molecular flexibility index (Phi) is 5.80. The zero-order valence-corrected chi connectivity index (χ0v) is 16.1. The molecule has 2 N–H and O–H groups in total. The molecule has 0 unspecified atom stereocenters. The number of nitrogen functional groups attached to an aromatic ring is 1. The van der Waals surface area contributed by atoms with E-state index >= 15 is 0 Å². The third-order valence-electron chi connectivity index (χ3n) is 3.40. The molecule has 6 nitrogen and oxygen atoms in total. The number of ether oxygens (including phenoxy) is 2. The highest BCUT2D eigenvalue weighted by atomic mass is 79.9. The lowest BCUT2D eigenvalue weighted by molar-refractivity contribution is 0.284. The number of methoxy groups -OCH3 is 1. The van der Waals surface area contributed by atoms with Crippen LogP contribution in [0.5, 0.6) is 11.5 Å². The summed E-state index contributed by atoms with van der Waals surface area (Å²) in [5.41, 5.74) is 7.19. The molecule has 8 heteroatoms. The molecule has 2 aromatic carbocycles. The minimum Gasteiger partial charge on any atom is -0.493 e. The molecular formula is C18H15BrClN3O3. The number of nitrogens with two attached hydrogens (primary N) is 1. The summed E-state index contributed by atoms with van der Waals surface area (Å²) in [6.45, 7) is 0.367. The summed E-state index contributed by atoms with van der Waals surface area (Å²) in [5.74, 6) is 1.30. The summed E-state index contributed by atoms with van der Waals surface area (Å²) in [6, 6.07) is 11.4.